The lowest BCUT2D eigenvalue weighted by atomic mass is 10.2. The maximum Gasteiger partial charge on any atom is 0.338 e. The van der Waals surface area contributed by atoms with Crippen LogP contribution in [0.25, 0.3) is 0 Å². The van der Waals surface area contributed by atoms with Crippen LogP contribution in [0.15, 0.2) is 28.8 Å². The number of rotatable bonds is 7. The standard InChI is InChI=1S/C18H22N2O5/c1-5-19-17(21)13(4)24-18(22)14-6-8-15(9-7-14)23-10-16-11(2)20-25-12(16)3/h6-9,13H,5,10H2,1-4H3,(H,19,21)/t13-/m1/s1. The van der Waals surface area contributed by atoms with Crippen LogP contribution in [0.5, 0.6) is 5.75 Å². The molecule has 1 heterocycles. The number of benzene rings is 1. The number of nitrogens with one attached hydrogen (secondary N) is 1. The summed E-state index contributed by atoms with van der Waals surface area (Å²) in [6, 6.07) is 6.53. The Hall–Kier alpha value is -2.83. The SMILES string of the molecule is CCNC(=O)[C@@H](C)OC(=O)c1ccc(OCc2c(C)noc2C)cc1. The molecule has 25 heavy (non-hydrogen) atoms. The monoisotopic (exact) mass is 346 g/mol. The summed E-state index contributed by atoms with van der Waals surface area (Å²) < 4.78 is 15.9. The third kappa shape index (κ3) is 4.82. The molecule has 0 aliphatic rings. The molecule has 134 valence electrons. The van der Waals surface area contributed by atoms with Crippen LogP contribution in [-0.2, 0) is 16.1 Å². The number of nitrogens with zero attached hydrogens (tertiary/aromatic N) is 1. The van der Waals surface area contributed by atoms with Gasteiger partial charge in [-0.3, -0.25) is 4.79 Å². The highest BCUT2D eigenvalue weighted by Gasteiger charge is 2.18. The zero-order chi connectivity index (χ0) is 18.4. The summed E-state index contributed by atoms with van der Waals surface area (Å²) in [6.07, 6.45) is -0.845. The summed E-state index contributed by atoms with van der Waals surface area (Å²) in [4.78, 5) is 23.6. The molecule has 0 aliphatic carbocycles. The Labute approximate surface area is 146 Å². The quantitative estimate of drug-likeness (QED) is 0.775. The minimum absolute atomic E-state index is 0.324. The highest BCUT2D eigenvalue weighted by molar-refractivity contribution is 5.92. The van der Waals surface area contributed by atoms with Crippen molar-refractivity contribution >= 4 is 11.9 Å². The van der Waals surface area contributed by atoms with Crippen molar-refractivity contribution in [1.29, 1.82) is 0 Å². The summed E-state index contributed by atoms with van der Waals surface area (Å²) in [6.45, 7) is 7.83. The smallest absolute Gasteiger partial charge is 0.338 e. The minimum Gasteiger partial charge on any atom is -0.489 e. The third-order valence-corrected chi connectivity index (χ3v) is 3.66. The zero-order valence-electron chi connectivity index (χ0n) is 14.8. The van der Waals surface area contributed by atoms with Gasteiger partial charge in [-0.15, -0.1) is 0 Å². The van der Waals surface area contributed by atoms with Gasteiger partial charge in [0.2, 0.25) is 0 Å². The maximum atomic E-state index is 12.0. The normalized spacial score (nSPS) is 11.7. The molecule has 7 nitrogen and oxygen atoms in total. The van der Waals surface area contributed by atoms with E-state index in [0.29, 0.717) is 24.5 Å². The van der Waals surface area contributed by atoms with Gasteiger partial charge in [-0.2, -0.15) is 0 Å². The van der Waals surface area contributed by atoms with Crippen molar-refractivity contribution in [1.82, 2.24) is 10.5 Å². The van der Waals surface area contributed by atoms with E-state index in [1.165, 1.54) is 6.92 Å². The highest BCUT2D eigenvalue weighted by atomic mass is 16.5. The number of hydrogen-bond acceptors (Lipinski definition) is 6. The molecule has 0 unspecified atom stereocenters. The number of likely N-dealkylation sites (N-methyl/N-ethyl adjacent to an activating group) is 1. The number of carbonyl (C=O) groups is 2. The molecule has 1 N–H and O–H groups in total. The van der Waals surface area contributed by atoms with Crippen molar-refractivity contribution in [3.8, 4) is 5.75 Å². The van der Waals surface area contributed by atoms with Gasteiger partial charge in [0.05, 0.1) is 16.8 Å². The van der Waals surface area contributed by atoms with Crippen LogP contribution in [0.2, 0.25) is 0 Å². The van der Waals surface area contributed by atoms with Crippen molar-refractivity contribution in [3.05, 3.63) is 46.8 Å². The number of aryl methyl sites for hydroxylation is 2. The Bertz CT molecular complexity index is 717. The largest absolute Gasteiger partial charge is 0.489 e. The van der Waals surface area contributed by atoms with Crippen molar-refractivity contribution in [2.75, 3.05) is 6.54 Å². The van der Waals surface area contributed by atoms with Crippen LogP contribution in [0, 0.1) is 13.8 Å². The van der Waals surface area contributed by atoms with Gasteiger partial charge in [0.15, 0.2) is 6.10 Å². The fraction of sp³-hybridized carbons (Fsp3) is 0.389. The molecule has 0 saturated carbocycles. The van der Waals surface area contributed by atoms with E-state index in [2.05, 4.69) is 10.5 Å². The Morgan fingerprint density at radius 3 is 2.48 bits per heavy atom. The second-order valence-electron chi connectivity index (χ2n) is 5.56. The molecule has 0 radical (unpaired) electrons. The third-order valence-electron chi connectivity index (χ3n) is 3.66. The predicted octanol–water partition coefficient (Wildman–Crippen LogP) is 2.55. The lowest BCUT2D eigenvalue weighted by molar-refractivity contribution is -0.128. The summed E-state index contributed by atoms with van der Waals surface area (Å²) >= 11 is 0. The summed E-state index contributed by atoms with van der Waals surface area (Å²) in [5, 5.41) is 6.47. The predicted molar refractivity (Wildman–Crippen MR) is 90.3 cm³/mol. The molecule has 0 bridgehead atoms. The van der Waals surface area contributed by atoms with Crippen molar-refractivity contribution < 1.29 is 23.6 Å². The molecule has 7 heteroatoms. The Morgan fingerprint density at radius 1 is 1.24 bits per heavy atom. The molecule has 1 aromatic heterocycles. The summed E-state index contributed by atoms with van der Waals surface area (Å²) in [7, 11) is 0. The van der Waals surface area contributed by atoms with E-state index in [1.807, 2.05) is 13.8 Å². The van der Waals surface area contributed by atoms with Crippen LogP contribution < -0.4 is 10.1 Å². The van der Waals surface area contributed by atoms with Gasteiger partial charge in [-0.1, -0.05) is 5.16 Å². The topological polar surface area (TPSA) is 90.7 Å². The van der Waals surface area contributed by atoms with Gasteiger partial charge < -0.3 is 19.3 Å². The first-order chi connectivity index (χ1) is 11.9. The molecule has 0 saturated heterocycles. The number of hydrogen-bond donors (Lipinski definition) is 1. The maximum absolute atomic E-state index is 12.0. The van der Waals surface area contributed by atoms with Crippen molar-refractivity contribution in [2.24, 2.45) is 0 Å². The van der Waals surface area contributed by atoms with Crippen molar-refractivity contribution in [2.45, 2.75) is 40.4 Å². The fourth-order valence-corrected chi connectivity index (χ4v) is 2.15. The Balaban J connectivity index is 1.93. The van der Waals surface area contributed by atoms with E-state index in [-0.39, 0.29) is 5.91 Å². The molecule has 0 spiro atoms. The summed E-state index contributed by atoms with van der Waals surface area (Å²) in [5.41, 5.74) is 2.04. The Morgan fingerprint density at radius 2 is 1.92 bits per heavy atom. The van der Waals surface area contributed by atoms with Crippen LogP contribution in [0.4, 0.5) is 0 Å². The van der Waals surface area contributed by atoms with E-state index < -0.39 is 12.1 Å². The van der Waals surface area contributed by atoms with E-state index in [1.54, 1.807) is 31.2 Å². The average molecular weight is 346 g/mol. The molecule has 1 aromatic carbocycles. The van der Waals surface area contributed by atoms with Crippen LogP contribution in [-0.4, -0.2) is 29.7 Å². The molecular formula is C18H22N2O5. The number of esters is 1. The van der Waals surface area contributed by atoms with E-state index in [0.717, 1.165) is 17.0 Å². The first kappa shape index (κ1) is 18.5. The Kier molecular flexibility index (Phi) is 6.16. The van der Waals surface area contributed by atoms with Gasteiger partial charge in [0.1, 0.15) is 18.1 Å². The molecule has 2 aromatic rings. The molecule has 1 amide bonds. The second-order valence-corrected chi connectivity index (χ2v) is 5.56. The van der Waals surface area contributed by atoms with E-state index >= 15 is 0 Å². The zero-order valence-corrected chi connectivity index (χ0v) is 14.8. The average Bonchev–Trinajstić information content (AvgIpc) is 2.91. The van der Waals surface area contributed by atoms with Gasteiger partial charge in [0.25, 0.3) is 5.91 Å². The van der Waals surface area contributed by atoms with Gasteiger partial charge in [-0.25, -0.2) is 4.79 Å². The number of aromatic nitrogens is 1. The number of carbonyl (C=O) groups excluding carboxylic acids is 2. The van der Waals surface area contributed by atoms with Gasteiger partial charge in [-0.05, 0) is 52.0 Å². The highest BCUT2D eigenvalue weighted by Crippen LogP contribution is 2.18. The molecule has 0 aliphatic heterocycles. The second kappa shape index (κ2) is 8.32. The van der Waals surface area contributed by atoms with Crippen LogP contribution in [0.1, 0.15) is 41.2 Å². The molecule has 2 rings (SSSR count). The van der Waals surface area contributed by atoms with Gasteiger partial charge >= 0.3 is 5.97 Å². The molecular weight excluding hydrogens is 324 g/mol. The number of ether oxygens (including phenoxy) is 2. The summed E-state index contributed by atoms with van der Waals surface area (Å²) in [5.74, 6) is 0.441. The van der Waals surface area contributed by atoms with Gasteiger partial charge in [0, 0.05) is 6.54 Å². The van der Waals surface area contributed by atoms with Crippen LogP contribution >= 0.6 is 0 Å². The van der Waals surface area contributed by atoms with Crippen LogP contribution in [0.3, 0.4) is 0 Å². The van der Waals surface area contributed by atoms with E-state index in [4.69, 9.17) is 14.0 Å². The lowest BCUT2D eigenvalue weighted by Gasteiger charge is -2.13. The lowest BCUT2D eigenvalue weighted by Crippen LogP contribution is -2.35. The fourth-order valence-electron chi connectivity index (χ4n) is 2.15. The molecule has 1 atom stereocenters. The van der Waals surface area contributed by atoms with Crippen molar-refractivity contribution in [3.63, 3.8) is 0 Å². The minimum atomic E-state index is -0.845. The number of amides is 1. The first-order valence-corrected chi connectivity index (χ1v) is 8.05. The first-order valence-electron chi connectivity index (χ1n) is 8.05. The van der Waals surface area contributed by atoms with E-state index in [9.17, 15) is 9.59 Å². The molecule has 0 fully saturated rings.